The Hall–Kier alpha value is -1.75. The fraction of sp³-hybridized carbons (Fsp3) is 0.743. The Morgan fingerprint density at radius 1 is 1.16 bits per heavy atom. The average molecular weight is 632 g/mol. The molecule has 0 aromatic carbocycles. The smallest absolute Gasteiger partial charge is 0.355 e. The highest BCUT2D eigenvalue weighted by molar-refractivity contribution is 6.74. The topological polar surface area (TPSA) is 99.2 Å². The molecule has 3 heterocycles. The Labute approximate surface area is 266 Å². The molecule has 0 spiro atoms. The van der Waals surface area contributed by atoms with Gasteiger partial charge in [0.05, 0.1) is 37.6 Å². The third kappa shape index (κ3) is 7.96. The van der Waals surface area contributed by atoms with Gasteiger partial charge in [-0.05, 0) is 62.9 Å². The number of fused-ring (bicyclic) bond motifs is 2. The lowest BCUT2D eigenvalue weighted by molar-refractivity contribution is -0.0915. The highest BCUT2D eigenvalue weighted by atomic mass is 28.4. The first-order valence-corrected chi connectivity index (χ1v) is 19.4. The van der Waals surface area contributed by atoms with Crippen LogP contribution in [-0.4, -0.2) is 81.3 Å². The predicted octanol–water partition coefficient (Wildman–Crippen LogP) is 6.54. The minimum atomic E-state index is -2.13. The maximum absolute atomic E-state index is 13.2. The number of aromatic amines is 1. The molecule has 1 aromatic heterocycles. The van der Waals surface area contributed by atoms with E-state index in [9.17, 15) is 9.90 Å². The number of nitrogens with one attached hydrogen (secondary N) is 1. The summed E-state index contributed by atoms with van der Waals surface area (Å²) in [7, 11) is -0.401. The van der Waals surface area contributed by atoms with E-state index in [1.807, 2.05) is 0 Å². The largest absolute Gasteiger partial charge is 0.455 e. The van der Waals surface area contributed by atoms with E-state index >= 15 is 0 Å². The number of rotatable bonds is 8. The van der Waals surface area contributed by atoms with Crippen LogP contribution in [0.4, 0.5) is 0 Å². The molecular weight excluding hydrogens is 574 g/mol. The molecule has 2 aliphatic heterocycles. The number of aromatic nitrogens is 1. The number of aliphatic hydroxyl groups excluding tert-OH is 1. The first-order chi connectivity index (χ1) is 20.6. The van der Waals surface area contributed by atoms with Crippen LogP contribution in [0.2, 0.25) is 18.1 Å². The minimum absolute atomic E-state index is 0.0117. The van der Waals surface area contributed by atoms with E-state index in [2.05, 4.69) is 77.8 Å². The maximum Gasteiger partial charge on any atom is 0.355 e. The fourth-order valence-corrected chi connectivity index (χ4v) is 8.46. The summed E-state index contributed by atoms with van der Waals surface area (Å²) in [5.74, 6) is 0.164. The van der Waals surface area contributed by atoms with Gasteiger partial charge in [0.25, 0.3) is 0 Å². The van der Waals surface area contributed by atoms with Gasteiger partial charge in [-0.3, -0.25) is 0 Å². The second kappa shape index (κ2) is 14.3. The molecule has 11 atom stereocenters. The Balaban J connectivity index is 1.63. The number of methoxy groups -OCH3 is 1. The SMILES string of the molecule is CO[C@@H]1CO[C@@H]([C@@H](C)O)[C@H](C)/C=C(\C)C[C@H](/C=C\[C@@H]2[C@@H]3CO[C@H]2[C@H](OC(=O)c2ccc[nH]2)[C@H](C)[C@H]3O[Si](C)(C)C(C)(C)C)C1. The van der Waals surface area contributed by atoms with Crippen LogP contribution in [0.15, 0.2) is 42.1 Å². The standard InChI is InChI=1S/C35H57NO7Si/c1-21-16-22(2)30(24(4)37)40-19-26(39-8)18-25(17-21)13-14-27-28-20-41-33(27)32(42-34(38)29-12-11-15-36-29)23(3)31(28)43-44(9,10)35(5,6)7/h11-16,22-28,30-33,36-37H,17-20H2,1-10H3/b14-13-,21-16+/t22-,23-,24-,25+,26+,27-,28+,30-,31-,32-,33-/m1/s1. The first-order valence-electron chi connectivity index (χ1n) is 16.4. The Bertz CT molecular complexity index is 1140. The van der Waals surface area contributed by atoms with Crippen LogP contribution < -0.4 is 0 Å². The van der Waals surface area contributed by atoms with Crippen molar-refractivity contribution in [3.63, 3.8) is 0 Å². The number of carbonyl (C=O) groups excluding carboxylic acids is 1. The molecule has 1 saturated heterocycles. The zero-order valence-corrected chi connectivity index (χ0v) is 29.5. The number of allylic oxidation sites excluding steroid dienone is 2. The zero-order valence-electron chi connectivity index (χ0n) is 28.5. The van der Waals surface area contributed by atoms with Crippen molar-refractivity contribution in [2.75, 3.05) is 20.3 Å². The third-order valence-corrected chi connectivity index (χ3v) is 15.0. The van der Waals surface area contributed by atoms with Crippen molar-refractivity contribution in [2.45, 2.75) is 116 Å². The third-order valence-electron chi connectivity index (χ3n) is 10.5. The van der Waals surface area contributed by atoms with Gasteiger partial charge in [0.15, 0.2) is 8.32 Å². The van der Waals surface area contributed by atoms with E-state index in [1.54, 1.807) is 32.4 Å². The van der Waals surface area contributed by atoms with E-state index in [1.165, 1.54) is 5.57 Å². The van der Waals surface area contributed by atoms with Gasteiger partial charge in [-0.2, -0.15) is 0 Å². The molecule has 4 rings (SSSR count). The molecule has 0 radical (unpaired) electrons. The van der Waals surface area contributed by atoms with Gasteiger partial charge in [-0.1, -0.05) is 58.4 Å². The monoisotopic (exact) mass is 631 g/mol. The quantitative estimate of drug-likeness (QED) is 0.191. The highest BCUT2D eigenvalue weighted by Crippen LogP contribution is 2.48. The van der Waals surface area contributed by atoms with E-state index in [0.717, 1.165) is 12.8 Å². The number of carbonyl (C=O) groups is 1. The van der Waals surface area contributed by atoms with Crippen LogP contribution in [-0.2, 0) is 23.4 Å². The van der Waals surface area contributed by atoms with Gasteiger partial charge in [-0.15, -0.1) is 0 Å². The van der Waals surface area contributed by atoms with Gasteiger partial charge in [0.2, 0.25) is 0 Å². The van der Waals surface area contributed by atoms with Crippen molar-refractivity contribution in [3.8, 4) is 0 Å². The van der Waals surface area contributed by atoms with E-state index in [-0.39, 0.29) is 65.0 Å². The number of hydrogen-bond acceptors (Lipinski definition) is 7. The van der Waals surface area contributed by atoms with E-state index < -0.39 is 20.5 Å². The van der Waals surface area contributed by atoms with Crippen LogP contribution >= 0.6 is 0 Å². The number of hydrogen-bond donors (Lipinski definition) is 2. The Kier molecular flexibility index (Phi) is 11.4. The second-order valence-electron chi connectivity index (χ2n) is 15.0. The van der Waals surface area contributed by atoms with Crippen molar-refractivity contribution in [3.05, 3.63) is 47.8 Å². The van der Waals surface area contributed by atoms with Crippen molar-refractivity contribution in [1.29, 1.82) is 0 Å². The molecule has 2 bridgehead atoms. The van der Waals surface area contributed by atoms with E-state index in [0.29, 0.717) is 18.9 Å². The van der Waals surface area contributed by atoms with Crippen LogP contribution in [0.5, 0.6) is 0 Å². The van der Waals surface area contributed by atoms with E-state index in [4.69, 9.17) is 23.4 Å². The van der Waals surface area contributed by atoms with Crippen molar-refractivity contribution >= 4 is 14.3 Å². The van der Waals surface area contributed by atoms with Crippen molar-refractivity contribution in [2.24, 2.45) is 29.6 Å². The molecular formula is C35H57NO7Si. The predicted molar refractivity (Wildman–Crippen MR) is 175 cm³/mol. The van der Waals surface area contributed by atoms with Crippen LogP contribution in [0, 0.1) is 29.6 Å². The summed E-state index contributed by atoms with van der Waals surface area (Å²) in [5.41, 5.74) is 1.71. The lowest BCUT2D eigenvalue weighted by atomic mass is 9.71. The van der Waals surface area contributed by atoms with Crippen molar-refractivity contribution < 1.29 is 33.3 Å². The molecule has 2 N–H and O–H groups in total. The molecule has 2 fully saturated rings. The lowest BCUT2D eigenvalue weighted by Crippen LogP contribution is -2.56. The Morgan fingerprint density at radius 3 is 2.50 bits per heavy atom. The molecule has 1 saturated carbocycles. The van der Waals surface area contributed by atoms with Crippen LogP contribution in [0.3, 0.4) is 0 Å². The van der Waals surface area contributed by atoms with Gasteiger partial charge in [0, 0.05) is 37.0 Å². The van der Waals surface area contributed by atoms with Crippen LogP contribution in [0.25, 0.3) is 0 Å². The fourth-order valence-electron chi connectivity index (χ4n) is 7.03. The summed E-state index contributed by atoms with van der Waals surface area (Å²) in [5, 5.41) is 10.4. The molecule has 1 aromatic rings. The maximum atomic E-state index is 13.2. The molecule has 9 heteroatoms. The number of esters is 1. The zero-order chi connectivity index (χ0) is 32.4. The molecule has 248 valence electrons. The number of ether oxygens (including phenoxy) is 4. The molecule has 8 nitrogen and oxygen atoms in total. The second-order valence-corrected chi connectivity index (χ2v) is 19.8. The number of aliphatic hydroxyl groups is 1. The van der Waals surface area contributed by atoms with Gasteiger partial charge in [0.1, 0.15) is 17.9 Å². The van der Waals surface area contributed by atoms with Gasteiger partial charge in [-0.25, -0.2) is 4.79 Å². The summed E-state index contributed by atoms with van der Waals surface area (Å²) >= 11 is 0. The molecule has 0 unspecified atom stereocenters. The number of H-pyrrole nitrogens is 1. The first kappa shape index (κ1) is 35.1. The van der Waals surface area contributed by atoms with Crippen LogP contribution in [0.1, 0.15) is 71.8 Å². The average Bonchev–Trinajstić information content (AvgIpc) is 3.59. The van der Waals surface area contributed by atoms with Gasteiger partial charge >= 0.3 is 5.97 Å². The summed E-state index contributed by atoms with van der Waals surface area (Å²) in [6.45, 7) is 20.6. The molecule has 44 heavy (non-hydrogen) atoms. The molecule has 3 aliphatic rings. The lowest BCUT2D eigenvalue weighted by Gasteiger charge is -2.48. The van der Waals surface area contributed by atoms with Crippen molar-refractivity contribution in [1.82, 2.24) is 4.98 Å². The van der Waals surface area contributed by atoms with Gasteiger partial charge < -0.3 is 33.5 Å². The minimum Gasteiger partial charge on any atom is -0.455 e. The molecule has 1 aliphatic carbocycles. The summed E-state index contributed by atoms with van der Waals surface area (Å²) in [6, 6.07) is 3.54. The Morgan fingerprint density at radius 2 is 1.89 bits per heavy atom. The molecule has 0 amide bonds. The summed E-state index contributed by atoms with van der Waals surface area (Å²) < 4.78 is 31.9. The highest BCUT2D eigenvalue weighted by Gasteiger charge is 2.57. The summed E-state index contributed by atoms with van der Waals surface area (Å²) in [6.07, 6.45) is 8.61. The summed E-state index contributed by atoms with van der Waals surface area (Å²) in [4.78, 5) is 16.2. The normalized spacial score (nSPS) is 37.4.